The molecule has 0 saturated carbocycles. The van der Waals surface area contributed by atoms with Crippen LogP contribution in [-0.4, -0.2) is 4.98 Å². The first-order chi connectivity index (χ1) is 5.90. The zero-order chi connectivity index (χ0) is 8.39. The molecule has 0 amide bonds. The molecule has 12 heavy (non-hydrogen) atoms. The fraction of sp³-hybridized carbons (Fsp3) is 0.200. The first-order valence-corrected chi connectivity index (χ1v) is 4.89. The number of fused-ring (bicyclic) bond motifs is 1. The number of aryl methyl sites for hydroxylation is 1. The minimum absolute atomic E-state index is 0.954. The number of aromatic nitrogens is 1. The van der Waals surface area contributed by atoms with Gasteiger partial charge in [-0.1, -0.05) is 13.0 Å². The monoisotopic (exact) mass is 176 g/mol. The number of thiazole rings is 1. The normalized spacial score (nSPS) is 10.8. The number of nitrogens with zero attached hydrogens (tertiary/aromatic N) is 1. The van der Waals surface area contributed by atoms with Gasteiger partial charge in [-0.3, -0.25) is 0 Å². The molecule has 0 fully saturated rings. The summed E-state index contributed by atoms with van der Waals surface area (Å²) in [6, 6.07) is 6.45. The molecule has 2 aromatic rings. The van der Waals surface area contributed by atoms with E-state index in [4.69, 9.17) is 0 Å². The van der Waals surface area contributed by atoms with Gasteiger partial charge in [0.15, 0.2) is 0 Å². The van der Waals surface area contributed by atoms with Crippen molar-refractivity contribution in [1.82, 2.24) is 4.98 Å². The molecule has 1 heterocycles. The highest BCUT2D eigenvalue weighted by Crippen LogP contribution is 2.19. The Bertz CT molecular complexity index is 378. The van der Waals surface area contributed by atoms with Crippen LogP contribution >= 0.6 is 11.3 Å². The average Bonchev–Trinajstić information content (AvgIpc) is 2.51. The zero-order valence-corrected chi connectivity index (χ0v) is 7.60. The molecule has 0 atom stereocenters. The molecular weight excluding hydrogens is 166 g/mol. The van der Waals surface area contributed by atoms with Gasteiger partial charge in [0.25, 0.3) is 0 Å². The van der Waals surface area contributed by atoms with Crippen molar-refractivity contribution in [2.45, 2.75) is 12.8 Å². The van der Waals surface area contributed by atoms with E-state index in [1.807, 2.05) is 5.51 Å². The summed E-state index contributed by atoms with van der Waals surface area (Å²) in [5, 5.41) is 0. The van der Waals surface area contributed by atoms with Crippen LogP contribution in [0.3, 0.4) is 0 Å². The van der Waals surface area contributed by atoms with E-state index in [0.29, 0.717) is 0 Å². The topological polar surface area (TPSA) is 12.9 Å². The summed E-state index contributed by atoms with van der Waals surface area (Å²) >= 11 is 1.69. The van der Waals surface area contributed by atoms with Gasteiger partial charge in [-0.2, -0.15) is 0 Å². The number of rotatable bonds is 2. The van der Waals surface area contributed by atoms with Gasteiger partial charge in [0.2, 0.25) is 0 Å². The second kappa shape index (κ2) is 3.23. The van der Waals surface area contributed by atoms with Gasteiger partial charge in [0.05, 0.1) is 15.7 Å². The molecule has 0 unspecified atom stereocenters. The molecule has 0 saturated heterocycles. The van der Waals surface area contributed by atoms with Crippen molar-refractivity contribution >= 4 is 21.6 Å². The highest BCUT2D eigenvalue weighted by Gasteiger charge is 1.97. The third kappa shape index (κ3) is 1.34. The SMILES string of the molecule is [CH2]CCc1ccc2scnc2c1. The van der Waals surface area contributed by atoms with Crippen molar-refractivity contribution in [3.05, 3.63) is 36.2 Å². The summed E-state index contributed by atoms with van der Waals surface area (Å²) in [7, 11) is 0. The van der Waals surface area contributed by atoms with E-state index in [2.05, 4.69) is 30.1 Å². The maximum Gasteiger partial charge on any atom is 0.0814 e. The van der Waals surface area contributed by atoms with E-state index in [9.17, 15) is 0 Å². The Morgan fingerprint density at radius 2 is 2.33 bits per heavy atom. The van der Waals surface area contributed by atoms with Gasteiger partial charge in [-0.15, -0.1) is 11.3 Å². The van der Waals surface area contributed by atoms with Crippen LogP contribution in [0.4, 0.5) is 0 Å². The third-order valence-electron chi connectivity index (χ3n) is 1.86. The molecule has 0 bridgehead atoms. The molecule has 2 heteroatoms. The first kappa shape index (κ1) is 7.74. The molecule has 61 valence electrons. The van der Waals surface area contributed by atoms with Crippen LogP contribution in [0, 0.1) is 6.92 Å². The van der Waals surface area contributed by atoms with Gasteiger partial charge >= 0.3 is 0 Å². The van der Waals surface area contributed by atoms with Gasteiger partial charge in [0, 0.05) is 0 Å². The largest absolute Gasteiger partial charge is 0.245 e. The molecule has 1 nitrogen and oxygen atoms in total. The summed E-state index contributed by atoms with van der Waals surface area (Å²) in [5.41, 5.74) is 4.34. The fourth-order valence-electron chi connectivity index (χ4n) is 1.26. The van der Waals surface area contributed by atoms with Crippen LogP contribution in [0.15, 0.2) is 23.7 Å². The molecule has 1 aromatic carbocycles. The van der Waals surface area contributed by atoms with Gasteiger partial charge in [0.1, 0.15) is 0 Å². The fourth-order valence-corrected chi connectivity index (χ4v) is 1.92. The van der Waals surface area contributed by atoms with Gasteiger partial charge < -0.3 is 0 Å². The quantitative estimate of drug-likeness (QED) is 0.685. The van der Waals surface area contributed by atoms with E-state index >= 15 is 0 Å². The van der Waals surface area contributed by atoms with E-state index in [0.717, 1.165) is 18.4 Å². The molecule has 1 aromatic heterocycles. The molecule has 2 rings (SSSR count). The van der Waals surface area contributed by atoms with E-state index < -0.39 is 0 Å². The lowest BCUT2D eigenvalue weighted by molar-refractivity contribution is 1.00. The first-order valence-electron chi connectivity index (χ1n) is 4.01. The van der Waals surface area contributed by atoms with Crippen molar-refractivity contribution < 1.29 is 0 Å². The van der Waals surface area contributed by atoms with Crippen LogP contribution < -0.4 is 0 Å². The summed E-state index contributed by atoms with van der Waals surface area (Å²) in [6.45, 7) is 3.83. The highest BCUT2D eigenvalue weighted by molar-refractivity contribution is 7.16. The molecule has 0 N–H and O–H groups in total. The molecule has 0 aliphatic rings. The Morgan fingerprint density at radius 3 is 3.17 bits per heavy atom. The Morgan fingerprint density at radius 1 is 1.42 bits per heavy atom. The van der Waals surface area contributed by atoms with Crippen molar-refractivity contribution in [3.63, 3.8) is 0 Å². The number of benzene rings is 1. The Kier molecular flexibility index (Phi) is 2.09. The van der Waals surface area contributed by atoms with Crippen molar-refractivity contribution in [2.24, 2.45) is 0 Å². The second-order valence-electron chi connectivity index (χ2n) is 2.76. The average molecular weight is 176 g/mol. The summed E-state index contributed by atoms with van der Waals surface area (Å²) in [5.74, 6) is 0. The Hall–Kier alpha value is -0.890. The maximum absolute atomic E-state index is 4.26. The summed E-state index contributed by atoms with van der Waals surface area (Å²) in [6.07, 6.45) is 2.00. The minimum Gasteiger partial charge on any atom is -0.245 e. The highest BCUT2D eigenvalue weighted by atomic mass is 32.1. The van der Waals surface area contributed by atoms with Crippen LogP contribution in [-0.2, 0) is 6.42 Å². The minimum atomic E-state index is 0.954. The zero-order valence-electron chi connectivity index (χ0n) is 6.79. The third-order valence-corrected chi connectivity index (χ3v) is 2.67. The molecule has 0 spiro atoms. The maximum atomic E-state index is 4.26. The van der Waals surface area contributed by atoms with E-state index in [-0.39, 0.29) is 0 Å². The lowest BCUT2D eigenvalue weighted by Crippen LogP contribution is -1.81. The van der Waals surface area contributed by atoms with Crippen molar-refractivity contribution in [2.75, 3.05) is 0 Å². The van der Waals surface area contributed by atoms with Gasteiger partial charge in [-0.05, 0) is 30.5 Å². The molecule has 0 aliphatic heterocycles. The lowest BCUT2D eigenvalue weighted by Gasteiger charge is -1.96. The molecule has 0 aliphatic carbocycles. The standard InChI is InChI=1S/C10H10NS/c1-2-3-8-4-5-10-9(6-8)11-7-12-10/h4-7H,1-3H2. The predicted octanol–water partition coefficient (Wildman–Crippen LogP) is 3.06. The smallest absolute Gasteiger partial charge is 0.0814 e. The Labute approximate surface area is 76.1 Å². The van der Waals surface area contributed by atoms with Crippen LogP contribution in [0.1, 0.15) is 12.0 Å². The van der Waals surface area contributed by atoms with Crippen molar-refractivity contribution in [1.29, 1.82) is 0 Å². The number of hydrogen-bond donors (Lipinski definition) is 0. The van der Waals surface area contributed by atoms with Crippen LogP contribution in [0.2, 0.25) is 0 Å². The van der Waals surface area contributed by atoms with Crippen LogP contribution in [0.5, 0.6) is 0 Å². The van der Waals surface area contributed by atoms with Gasteiger partial charge in [-0.25, -0.2) is 4.98 Å². The Balaban J connectivity index is 2.46. The van der Waals surface area contributed by atoms with Crippen LogP contribution in [0.25, 0.3) is 10.2 Å². The second-order valence-corrected chi connectivity index (χ2v) is 3.64. The molecule has 1 radical (unpaired) electrons. The summed E-state index contributed by atoms with van der Waals surface area (Å²) < 4.78 is 1.27. The number of hydrogen-bond acceptors (Lipinski definition) is 2. The van der Waals surface area contributed by atoms with E-state index in [1.54, 1.807) is 11.3 Å². The van der Waals surface area contributed by atoms with E-state index in [1.165, 1.54) is 10.3 Å². The predicted molar refractivity (Wildman–Crippen MR) is 53.3 cm³/mol. The van der Waals surface area contributed by atoms with Crippen molar-refractivity contribution in [3.8, 4) is 0 Å². The molecular formula is C10H10NS. The lowest BCUT2D eigenvalue weighted by atomic mass is 10.1. The summed E-state index contributed by atoms with van der Waals surface area (Å²) in [4.78, 5) is 4.26.